The number of carbonyl (C=O) groups is 3. The van der Waals surface area contributed by atoms with Crippen LogP contribution in [0.4, 0.5) is 5.69 Å². The fraction of sp³-hybridized carbons (Fsp3) is 0.526. The number of hydrogen-bond donors (Lipinski definition) is 2. The molecule has 3 amide bonds. The largest absolute Gasteiger partial charge is 0.379 e. The van der Waals surface area contributed by atoms with Crippen LogP contribution < -0.4 is 15.5 Å². The number of anilines is 1. The number of halogens is 1. The molecule has 0 spiro atoms. The fourth-order valence-corrected chi connectivity index (χ4v) is 3.86. The molecule has 2 N–H and O–H groups in total. The molecule has 1 aromatic carbocycles. The van der Waals surface area contributed by atoms with Gasteiger partial charge in [-0.1, -0.05) is 15.9 Å². The van der Waals surface area contributed by atoms with Gasteiger partial charge in [0.2, 0.25) is 0 Å². The summed E-state index contributed by atoms with van der Waals surface area (Å²) in [6.07, 6.45) is 0.751. The minimum Gasteiger partial charge on any atom is -0.379 e. The lowest BCUT2D eigenvalue weighted by molar-refractivity contribution is -0.140. The highest BCUT2D eigenvalue weighted by molar-refractivity contribution is 9.10. The van der Waals surface area contributed by atoms with Crippen LogP contribution in [-0.2, 0) is 19.1 Å². The number of nitrogens with one attached hydrogen (secondary N) is 2. The Balaban J connectivity index is 1.51. The number of likely N-dealkylation sites (N-methyl/N-ethyl adjacent to an activating group) is 1. The summed E-state index contributed by atoms with van der Waals surface area (Å²) >= 11 is 3.39. The second-order valence-electron chi connectivity index (χ2n) is 6.76. The van der Waals surface area contributed by atoms with E-state index in [1.165, 1.54) is 0 Å². The van der Waals surface area contributed by atoms with Crippen molar-refractivity contribution in [2.75, 3.05) is 50.8 Å². The van der Waals surface area contributed by atoms with Gasteiger partial charge < -0.3 is 20.3 Å². The second kappa shape index (κ2) is 9.49. The summed E-state index contributed by atoms with van der Waals surface area (Å²) in [7, 11) is 0. The number of hydrogen-bond acceptors (Lipinski definition) is 5. The van der Waals surface area contributed by atoms with E-state index in [0.717, 1.165) is 49.4 Å². The molecule has 0 radical (unpaired) electrons. The number of morpholine rings is 1. The SMILES string of the molecule is CCN1C(=O)[C@H](NC(=O)C(=O)NCCCN2CCOCC2)c2cc(Br)ccc21. The Kier molecular flexibility index (Phi) is 7.03. The van der Waals surface area contributed by atoms with Crippen molar-refractivity contribution >= 4 is 39.3 Å². The van der Waals surface area contributed by atoms with Crippen molar-refractivity contribution in [1.82, 2.24) is 15.5 Å². The maximum absolute atomic E-state index is 12.6. The molecule has 0 aliphatic carbocycles. The monoisotopic (exact) mass is 452 g/mol. The molecular formula is C19H25BrN4O4. The molecule has 1 aromatic rings. The molecule has 0 bridgehead atoms. The van der Waals surface area contributed by atoms with Gasteiger partial charge in [-0.15, -0.1) is 0 Å². The summed E-state index contributed by atoms with van der Waals surface area (Å²) in [5, 5.41) is 5.20. The molecule has 2 aliphatic rings. The smallest absolute Gasteiger partial charge is 0.310 e. The lowest BCUT2D eigenvalue weighted by atomic mass is 10.1. The number of nitrogens with zero attached hydrogens (tertiary/aromatic N) is 2. The van der Waals surface area contributed by atoms with Crippen LogP contribution in [0.15, 0.2) is 22.7 Å². The molecule has 9 heteroatoms. The van der Waals surface area contributed by atoms with Crippen molar-refractivity contribution < 1.29 is 19.1 Å². The predicted octanol–water partition coefficient (Wildman–Crippen LogP) is 0.811. The quantitative estimate of drug-likeness (QED) is 0.492. The Morgan fingerprint density at radius 1 is 1.25 bits per heavy atom. The highest BCUT2D eigenvalue weighted by Crippen LogP contribution is 2.37. The summed E-state index contributed by atoms with van der Waals surface area (Å²) in [6.45, 7) is 6.86. The van der Waals surface area contributed by atoms with Crippen molar-refractivity contribution in [3.05, 3.63) is 28.2 Å². The first kappa shape index (κ1) is 20.8. The number of carbonyl (C=O) groups excluding carboxylic acids is 3. The van der Waals surface area contributed by atoms with E-state index in [1.54, 1.807) is 11.0 Å². The number of fused-ring (bicyclic) bond motifs is 1. The predicted molar refractivity (Wildman–Crippen MR) is 108 cm³/mol. The van der Waals surface area contributed by atoms with Crippen LogP contribution in [0, 0.1) is 0 Å². The maximum atomic E-state index is 12.6. The van der Waals surface area contributed by atoms with Crippen molar-refractivity contribution in [3.63, 3.8) is 0 Å². The first-order chi connectivity index (χ1) is 13.5. The van der Waals surface area contributed by atoms with Gasteiger partial charge in [-0.05, 0) is 38.1 Å². The third kappa shape index (κ3) is 4.71. The van der Waals surface area contributed by atoms with Gasteiger partial charge in [0.1, 0.15) is 6.04 Å². The minimum atomic E-state index is -0.848. The summed E-state index contributed by atoms with van der Waals surface area (Å²) in [6, 6.07) is 4.63. The molecule has 1 saturated heterocycles. The molecule has 28 heavy (non-hydrogen) atoms. The summed E-state index contributed by atoms with van der Waals surface area (Å²) in [4.78, 5) is 40.9. The van der Waals surface area contributed by atoms with E-state index < -0.39 is 17.9 Å². The van der Waals surface area contributed by atoms with Crippen molar-refractivity contribution in [1.29, 1.82) is 0 Å². The molecule has 0 saturated carbocycles. The van der Waals surface area contributed by atoms with Gasteiger partial charge in [0.15, 0.2) is 0 Å². The van der Waals surface area contributed by atoms with Crippen LogP contribution in [0.5, 0.6) is 0 Å². The van der Waals surface area contributed by atoms with E-state index in [2.05, 4.69) is 31.5 Å². The topological polar surface area (TPSA) is 91.0 Å². The van der Waals surface area contributed by atoms with Gasteiger partial charge in [0.05, 0.1) is 13.2 Å². The van der Waals surface area contributed by atoms with Crippen molar-refractivity contribution in [2.45, 2.75) is 19.4 Å². The standard InChI is InChI=1S/C19H25BrN4O4/c1-2-24-15-5-4-13(20)12-14(15)16(19(24)27)22-18(26)17(25)21-6-3-7-23-8-10-28-11-9-23/h4-5,12,16H,2-3,6-11H2,1H3,(H,21,25)(H,22,26)/t16-/m1/s1. The van der Waals surface area contributed by atoms with Crippen molar-refractivity contribution in [3.8, 4) is 0 Å². The first-order valence-corrected chi connectivity index (χ1v) is 10.3. The van der Waals surface area contributed by atoms with E-state index in [-0.39, 0.29) is 5.91 Å². The van der Waals surface area contributed by atoms with Crippen LogP contribution in [-0.4, -0.2) is 68.6 Å². The molecule has 0 aromatic heterocycles. The molecule has 1 fully saturated rings. The van der Waals surface area contributed by atoms with Gasteiger partial charge in [0.25, 0.3) is 5.91 Å². The lowest BCUT2D eigenvalue weighted by Gasteiger charge is -2.26. The summed E-state index contributed by atoms with van der Waals surface area (Å²) < 4.78 is 6.11. The van der Waals surface area contributed by atoms with Gasteiger partial charge >= 0.3 is 11.8 Å². The van der Waals surface area contributed by atoms with E-state index in [1.807, 2.05) is 19.1 Å². The van der Waals surface area contributed by atoms with Crippen molar-refractivity contribution in [2.24, 2.45) is 0 Å². The maximum Gasteiger partial charge on any atom is 0.310 e. The Morgan fingerprint density at radius 3 is 2.71 bits per heavy atom. The average molecular weight is 453 g/mol. The van der Waals surface area contributed by atoms with Crippen LogP contribution in [0.3, 0.4) is 0 Å². The lowest BCUT2D eigenvalue weighted by Crippen LogP contribution is -2.45. The average Bonchev–Trinajstić information content (AvgIpc) is 2.96. The third-order valence-corrected chi connectivity index (χ3v) is 5.44. The molecule has 152 valence electrons. The second-order valence-corrected chi connectivity index (χ2v) is 7.67. The van der Waals surface area contributed by atoms with E-state index in [4.69, 9.17) is 4.74 Å². The Morgan fingerprint density at radius 2 is 2.00 bits per heavy atom. The van der Waals surface area contributed by atoms with E-state index >= 15 is 0 Å². The molecule has 2 heterocycles. The van der Waals surface area contributed by atoms with Gasteiger partial charge in [-0.2, -0.15) is 0 Å². The number of rotatable bonds is 6. The fourth-order valence-electron chi connectivity index (χ4n) is 3.48. The molecule has 0 unspecified atom stereocenters. The normalized spacial score (nSPS) is 19.4. The van der Waals surface area contributed by atoms with Crippen LogP contribution in [0.25, 0.3) is 0 Å². The van der Waals surface area contributed by atoms with Gasteiger partial charge in [0, 0.05) is 41.9 Å². The minimum absolute atomic E-state index is 0.232. The van der Waals surface area contributed by atoms with Gasteiger partial charge in [-0.25, -0.2) is 0 Å². The van der Waals surface area contributed by atoms with Crippen LogP contribution in [0.2, 0.25) is 0 Å². The van der Waals surface area contributed by atoms with Gasteiger partial charge in [-0.3, -0.25) is 19.3 Å². The molecule has 1 atom stereocenters. The summed E-state index contributed by atoms with van der Waals surface area (Å²) in [5.74, 6) is -1.75. The third-order valence-electron chi connectivity index (χ3n) is 4.94. The molecule has 2 aliphatic heterocycles. The Bertz CT molecular complexity index is 751. The highest BCUT2D eigenvalue weighted by atomic mass is 79.9. The number of amides is 3. The first-order valence-electron chi connectivity index (χ1n) is 9.51. The number of ether oxygens (including phenoxy) is 1. The molecule has 8 nitrogen and oxygen atoms in total. The molecular weight excluding hydrogens is 428 g/mol. The zero-order valence-electron chi connectivity index (χ0n) is 15.9. The highest BCUT2D eigenvalue weighted by Gasteiger charge is 2.38. The Labute approximate surface area is 172 Å². The van der Waals surface area contributed by atoms with Crippen LogP contribution >= 0.6 is 15.9 Å². The van der Waals surface area contributed by atoms with Crippen LogP contribution in [0.1, 0.15) is 24.9 Å². The zero-order valence-corrected chi connectivity index (χ0v) is 17.5. The summed E-state index contributed by atoms with van der Waals surface area (Å²) in [5.41, 5.74) is 1.45. The van der Waals surface area contributed by atoms with E-state index in [0.29, 0.717) is 18.7 Å². The Hall–Kier alpha value is -1.97. The number of benzene rings is 1. The zero-order chi connectivity index (χ0) is 20.1. The molecule has 3 rings (SSSR count). The van der Waals surface area contributed by atoms with E-state index in [9.17, 15) is 14.4 Å².